The van der Waals surface area contributed by atoms with Crippen molar-refractivity contribution in [1.82, 2.24) is 4.90 Å². The molecule has 0 N–H and O–H groups in total. The fourth-order valence-corrected chi connectivity index (χ4v) is 4.67. The number of nitrogens with zero attached hydrogens (tertiary/aromatic N) is 2. The van der Waals surface area contributed by atoms with Crippen LogP contribution in [-0.2, 0) is 14.9 Å². The lowest BCUT2D eigenvalue weighted by Crippen LogP contribution is -2.53. The smallest absolute Gasteiger partial charge is 0.314 e. The molecule has 1 spiro atoms. The summed E-state index contributed by atoms with van der Waals surface area (Å²) in [7, 11) is 3.67. The summed E-state index contributed by atoms with van der Waals surface area (Å²) in [5, 5.41) is 0. The van der Waals surface area contributed by atoms with Crippen molar-refractivity contribution in [2.45, 2.75) is 30.7 Å². The Morgan fingerprint density at radius 3 is 3.00 bits per heavy atom. The summed E-state index contributed by atoms with van der Waals surface area (Å²) in [6, 6.07) is 8.83. The Balaban J connectivity index is 1.89. The van der Waals surface area contributed by atoms with Crippen LogP contribution in [0.15, 0.2) is 29.3 Å². The van der Waals surface area contributed by atoms with E-state index in [0.717, 1.165) is 37.2 Å². The number of fused-ring (bicyclic) bond motifs is 1. The molecule has 0 aromatic heterocycles. The van der Waals surface area contributed by atoms with Gasteiger partial charge in [0.2, 0.25) is 0 Å². The average molecular weight is 284 g/mol. The molecule has 21 heavy (non-hydrogen) atoms. The normalized spacial score (nSPS) is 33.9. The first-order valence-electron chi connectivity index (χ1n) is 7.65. The minimum absolute atomic E-state index is 0.0670. The standard InChI is InChI=1S/C17H20N2O2/c1-19-10-9-17-12-5-3-4-6-13(12)18-15(17)11(16(20)21-2)7-8-14(17)19/h3-6,11,14H,7-10H2,1-2H3. The molecule has 1 aromatic carbocycles. The molecule has 3 atom stereocenters. The van der Waals surface area contributed by atoms with E-state index in [-0.39, 0.29) is 17.3 Å². The van der Waals surface area contributed by atoms with Crippen molar-refractivity contribution >= 4 is 17.4 Å². The van der Waals surface area contributed by atoms with Crippen LogP contribution in [0.1, 0.15) is 24.8 Å². The van der Waals surface area contributed by atoms with Crippen LogP contribution in [0.25, 0.3) is 0 Å². The number of carbonyl (C=O) groups is 1. The van der Waals surface area contributed by atoms with Crippen LogP contribution >= 0.6 is 0 Å². The van der Waals surface area contributed by atoms with E-state index in [1.165, 1.54) is 12.7 Å². The summed E-state index contributed by atoms with van der Waals surface area (Å²) < 4.78 is 5.04. The van der Waals surface area contributed by atoms with Gasteiger partial charge in [-0.2, -0.15) is 0 Å². The van der Waals surface area contributed by atoms with Gasteiger partial charge in [0.05, 0.1) is 24.1 Å². The predicted molar refractivity (Wildman–Crippen MR) is 81.0 cm³/mol. The summed E-state index contributed by atoms with van der Waals surface area (Å²) in [6.45, 7) is 1.06. The number of hydrogen-bond donors (Lipinski definition) is 0. The topological polar surface area (TPSA) is 41.9 Å². The van der Waals surface area contributed by atoms with E-state index >= 15 is 0 Å². The highest BCUT2D eigenvalue weighted by molar-refractivity contribution is 6.13. The third kappa shape index (κ3) is 1.54. The number of methoxy groups -OCH3 is 1. The number of rotatable bonds is 1. The van der Waals surface area contributed by atoms with Gasteiger partial charge in [0.1, 0.15) is 0 Å². The van der Waals surface area contributed by atoms with Gasteiger partial charge in [0.25, 0.3) is 0 Å². The molecule has 4 heteroatoms. The van der Waals surface area contributed by atoms with Gasteiger partial charge >= 0.3 is 5.97 Å². The summed E-state index contributed by atoms with van der Waals surface area (Å²) in [5.74, 6) is -0.306. The number of carbonyl (C=O) groups excluding carboxylic acids is 1. The summed E-state index contributed by atoms with van der Waals surface area (Å²) >= 11 is 0. The molecule has 1 saturated carbocycles. The number of hydrogen-bond acceptors (Lipinski definition) is 4. The van der Waals surface area contributed by atoms with Gasteiger partial charge < -0.3 is 9.64 Å². The first kappa shape index (κ1) is 13.0. The van der Waals surface area contributed by atoms with Crippen LogP contribution in [0.2, 0.25) is 0 Å². The fourth-order valence-electron chi connectivity index (χ4n) is 4.67. The van der Waals surface area contributed by atoms with Crippen molar-refractivity contribution in [3.05, 3.63) is 29.8 Å². The molecule has 3 unspecified atom stereocenters. The highest BCUT2D eigenvalue weighted by Gasteiger charge is 2.59. The highest BCUT2D eigenvalue weighted by atomic mass is 16.5. The number of esters is 1. The maximum absolute atomic E-state index is 12.2. The van der Waals surface area contributed by atoms with Crippen molar-refractivity contribution < 1.29 is 9.53 Å². The Morgan fingerprint density at radius 1 is 1.38 bits per heavy atom. The Hall–Kier alpha value is -1.68. The summed E-state index contributed by atoms with van der Waals surface area (Å²) in [5.41, 5.74) is 3.34. The largest absolute Gasteiger partial charge is 0.469 e. The van der Waals surface area contributed by atoms with Crippen molar-refractivity contribution in [2.75, 3.05) is 20.7 Å². The first-order valence-corrected chi connectivity index (χ1v) is 7.65. The molecule has 3 aliphatic rings. The van der Waals surface area contributed by atoms with Crippen molar-refractivity contribution in [3.63, 3.8) is 0 Å². The third-order valence-electron chi connectivity index (χ3n) is 5.59. The zero-order chi connectivity index (χ0) is 14.6. The number of ether oxygens (including phenoxy) is 1. The number of likely N-dealkylation sites (N-methyl/N-ethyl adjacent to an activating group) is 1. The Bertz CT molecular complexity index is 639. The minimum atomic E-state index is -0.176. The highest BCUT2D eigenvalue weighted by Crippen LogP contribution is 2.55. The van der Waals surface area contributed by atoms with E-state index in [0.29, 0.717) is 6.04 Å². The van der Waals surface area contributed by atoms with Gasteiger partial charge in [0, 0.05) is 11.8 Å². The lowest BCUT2D eigenvalue weighted by atomic mass is 9.62. The van der Waals surface area contributed by atoms with Crippen LogP contribution in [0.5, 0.6) is 0 Å². The molecule has 0 radical (unpaired) electrons. The maximum atomic E-state index is 12.2. The second-order valence-electron chi connectivity index (χ2n) is 6.39. The molecule has 2 fully saturated rings. The third-order valence-corrected chi connectivity index (χ3v) is 5.59. The van der Waals surface area contributed by atoms with E-state index in [4.69, 9.17) is 9.73 Å². The quantitative estimate of drug-likeness (QED) is 0.743. The lowest BCUT2D eigenvalue weighted by Gasteiger charge is -2.42. The fraction of sp³-hybridized carbons (Fsp3) is 0.529. The van der Waals surface area contributed by atoms with E-state index in [1.807, 2.05) is 6.07 Å². The van der Waals surface area contributed by atoms with Gasteiger partial charge in [-0.15, -0.1) is 0 Å². The van der Waals surface area contributed by atoms with Crippen LogP contribution in [0, 0.1) is 5.92 Å². The predicted octanol–water partition coefficient (Wildman–Crippen LogP) is 2.30. The molecule has 2 heterocycles. The number of para-hydroxylation sites is 1. The zero-order valence-corrected chi connectivity index (χ0v) is 12.5. The van der Waals surface area contributed by atoms with Crippen molar-refractivity contribution in [1.29, 1.82) is 0 Å². The maximum Gasteiger partial charge on any atom is 0.314 e. The molecule has 2 aliphatic heterocycles. The lowest BCUT2D eigenvalue weighted by molar-refractivity contribution is -0.143. The van der Waals surface area contributed by atoms with Crippen LogP contribution in [0.4, 0.5) is 5.69 Å². The average Bonchev–Trinajstić information content (AvgIpc) is 3.03. The van der Waals surface area contributed by atoms with E-state index < -0.39 is 0 Å². The zero-order valence-electron chi connectivity index (χ0n) is 12.5. The van der Waals surface area contributed by atoms with Gasteiger partial charge in [-0.1, -0.05) is 18.2 Å². The van der Waals surface area contributed by atoms with E-state index in [1.54, 1.807) is 0 Å². The monoisotopic (exact) mass is 284 g/mol. The molecule has 4 nitrogen and oxygen atoms in total. The second kappa shape index (κ2) is 4.41. The SMILES string of the molecule is COC(=O)C1CCC2N(C)CCC23C1=Nc1ccccc13. The molecule has 1 aromatic rings. The number of benzene rings is 1. The van der Waals surface area contributed by atoms with E-state index in [2.05, 4.69) is 30.1 Å². The Labute approximate surface area is 124 Å². The van der Waals surface area contributed by atoms with Gasteiger partial charge in [-0.3, -0.25) is 9.79 Å². The first-order chi connectivity index (χ1) is 10.2. The van der Waals surface area contributed by atoms with E-state index in [9.17, 15) is 4.79 Å². The van der Waals surface area contributed by atoms with Gasteiger partial charge in [0.15, 0.2) is 0 Å². The molecule has 0 amide bonds. The molecule has 1 saturated heterocycles. The molecular formula is C17H20N2O2. The second-order valence-corrected chi connectivity index (χ2v) is 6.39. The molecule has 0 bridgehead atoms. The molecule has 4 rings (SSSR count). The number of aliphatic imine (C=N–C) groups is 1. The van der Waals surface area contributed by atoms with Crippen LogP contribution < -0.4 is 0 Å². The van der Waals surface area contributed by atoms with Crippen LogP contribution in [-0.4, -0.2) is 43.3 Å². The molecular weight excluding hydrogens is 264 g/mol. The molecule has 110 valence electrons. The van der Waals surface area contributed by atoms with Crippen LogP contribution in [0.3, 0.4) is 0 Å². The Kier molecular flexibility index (Phi) is 2.73. The minimum Gasteiger partial charge on any atom is -0.469 e. The molecule has 1 aliphatic carbocycles. The van der Waals surface area contributed by atoms with Gasteiger partial charge in [-0.05, 0) is 44.5 Å². The Morgan fingerprint density at radius 2 is 2.19 bits per heavy atom. The van der Waals surface area contributed by atoms with Gasteiger partial charge in [-0.25, -0.2) is 0 Å². The van der Waals surface area contributed by atoms with Crippen molar-refractivity contribution in [3.8, 4) is 0 Å². The van der Waals surface area contributed by atoms with Crippen molar-refractivity contribution in [2.24, 2.45) is 10.9 Å². The number of likely N-dealkylation sites (tertiary alicyclic amines) is 1. The summed E-state index contributed by atoms with van der Waals surface area (Å²) in [4.78, 5) is 19.5. The summed E-state index contributed by atoms with van der Waals surface area (Å²) in [6.07, 6.45) is 2.93.